The molecule has 0 amide bonds. The summed E-state index contributed by atoms with van der Waals surface area (Å²) in [5.41, 5.74) is 4.84. The number of aromatic hydroxyl groups is 1. The molecule has 2 saturated carbocycles. The quantitative estimate of drug-likeness (QED) is 0.346. The van der Waals surface area contributed by atoms with Crippen LogP contribution in [0.2, 0.25) is 0 Å². The van der Waals surface area contributed by atoms with E-state index in [9.17, 15) is 23.2 Å². The van der Waals surface area contributed by atoms with Crippen LogP contribution in [-0.2, 0) is 17.6 Å². The molecule has 36 heavy (non-hydrogen) atoms. The number of nitrogens with zero attached hydrogens (tertiary/aromatic N) is 1. The SMILES string of the molecule is COc1cc2c(cc1O)C(NOCc1cccc(C(F)(F)F)c1)=C[C@@H]1[C@@H]2CC[C@]2(C)C(N=O)CC[C@@H]12. The lowest BCUT2D eigenvalue weighted by Crippen LogP contribution is -2.42. The van der Waals surface area contributed by atoms with Crippen LogP contribution in [0.5, 0.6) is 11.5 Å². The van der Waals surface area contributed by atoms with Crippen LogP contribution in [0.15, 0.2) is 47.7 Å². The summed E-state index contributed by atoms with van der Waals surface area (Å²) in [7, 11) is 1.50. The van der Waals surface area contributed by atoms with Crippen molar-refractivity contribution in [1.29, 1.82) is 0 Å². The number of hydroxylamine groups is 1. The third-order valence-corrected chi connectivity index (χ3v) is 8.48. The number of hydrogen-bond acceptors (Lipinski definition) is 6. The number of allylic oxidation sites excluding steroid dienone is 1. The Morgan fingerprint density at radius 1 is 1.19 bits per heavy atom. The van der Waals surface area contributed by atoms with Gasteiger partial charge in [-0.25, -0.2) is 0 Å². The molecule has 0 spiro atoms. The van der Waals surface area contributed by atoms with Gasteiger partial charge in [0.25, 0.3) is 0 Å². The van der Waals surface area contributed by atoms with Crippen LogP contribution < -0.4 is 10.2 Å². The number of nitrogens with one attached hydrogen (secondary N) is 1. The van der Waals surface area contributed by atoms with Crippen LogP contribution >= 0.6 is 0 Å². The number of alkyl halides is 3. The van der Waals surface area contributed by atoms with Gasteiger partial charge in [0.2, 0.25) is 0 Å². The maximum absolute atomic E-state index is 13.1. The number of benzene rings is 2. The topological polar surface area (TPSA) is 80.2 Å². The molecule has 0 aromatic heterocycles. The monoisotopic (exact) mass is 502 g/mol. The Bertz CT molecular complexity index is 1200. The minimum atomic E-state index is -4.43. The fourth-order valence-corrected chi connectivity index (χ4v) is 6.63. The number of methoxy groups -OCH3 is 1. The van der Waals surface area contributed by atoms with E-state index < -0.39 is 11.7 Å². The van der Waals surface area contributed by atoms with Crippen molar-refractivity contribution in [2.75, 3.05) is 7.11 Å². The van der Waals surface area contributed by atoms with Crippen LogP contribution in [0.4, 0.5) is 13.2 Å². The van der Waals surface area contributed by atoms with Crippen molar-refractivity contribution in [3.8, 4) is 11.5 Å². The number of phenolic OH excluding ortho intramolecular Hbond substituents is 1. The molecule has 1 unspecified atom stereocenters. The largest absolute Gasteiger partial charge is 0.504 e. The summed E-state index contributed by atoms with van der Waals surface area (Å²) in [5, 5.41) is 13.9. The lowest BCUT2D eigenvalue weighted by atomic mass is 9.56. The first-order chi connectivity index (χ1) is 17.2. The number of hydrogen-bond donors (Lipinski definition) is 2. The number of halogens is 3. The Morgan fingerprint density at radius 2 is 2.00 bits per heavy atom. The molecule has 192 valence electrons. The Kier molecular flexibility index (Phi) is 6.22. The van der Waals surface area contributed by atoms with Crippen LogP contribution in [0.1, 0.15) is 60.8 Å². The molecule has 0 heterocycles. The van der Waals surface area contributed by atoms with E-state index >= 15 is 0 Å². The summed E-state index contributed by atoms with van der Waals surface area (Å²) in [6.07, 6.45) is 1.10. The van der Waals surface area contributed by atoms with Crippen molar-refractivity contribution in [3.63, 3.8) is 0 Å². The van der Waals surface area contributed by atoms with E-state index in [-0.39, 0.29) is 41.6 Å². The zero-order valence-corrected chi connectivity index (χ0v) is 20.1. The predicted molar refractivity (Wildman–Crippen MR) is 128 cm³/mol. The summed E-state index contributed by atoms with van der Waals surface area (Å²) in [6, 6.07) is 8.30. The fraction of sp³-hybridized carbons (Fsp3) is 0.481. The van der Waals surface area contributed by atoms with E-state index in [1.807, 2.05) is 6.07 Å². The van der Waals surface area contributed by atoms with Crippen LogP contribution in [0.25, 0.3) is 5.70 Å². The van der Waals surface area contributed by atoms with Crippen LogP contribution in [0.3, 0.4) is 0 Å². The van der Waals surface area contributed by atoms with Gasteiger partial charge in [-0.2, -0.15) is 18.1 Å². The van der Waals surface area contributed by atoms with Gasteiger partial charge in [0.05, 0.1) is 31.0 Å². The second kappa shape index (κ2) is 9.10. The van der Waals surface area contributed by atoms with Gasteiger partial charge in [-0.05, 0) is 84.2 Å². The third kappa shape index (κ3) is 4.13. The lowest BCUT2D eigenvalue weighted by Gasteiger charge is -2.48. The first kappa shape index (κ1) is 24.6. The normalized spacial score (nSPS) is 29.0. The average molecular weight is 503 g/mol. The number of ether oxygens (including phenoxy) is 1. The molecule has 2 N–H and O–H groups in total. The Hall–Kier alpha value is -3.07. The maximum Gasteiger partial charge on any atom is 0.416 e. The minimum absolute atomic E-state index is 0.00740. The third-order valence-electron chi connectivity index (χ3n) is 8.48. The fourth-order valence-electron chi connectivity index (χ4n) is 6.63. The molecule has 3 aliphatic carbocycles. The highest BCUT2D eigenvalue weighted by atomic mass is 19.4. The van der Waals surface area contributed by atoms with Gasteiger partial charge in [0.1, 0.15) is 0 Å². The molecular weight excluding hydrogens is 473 g/mol. The van der Waals surface area contributed by atoms with Gasteiger partial charge in [-0.3, -0.25) is 10.3 Å². The van der Waals surface area contributed by atoms with E-state index in [1.54, 1.807) is 12.1 Å². The predicted octanol–water partition coefficient (Wildman–Crippen LogP) is 6.54. The van der Waals surface area contributed by atoms with E-state index in [0.29, 0.717) is 17.0 Å². The second-order valence-electron chi connectivity index (χ2n) is 10.3. The van der Waals surface area contributed by atoms with Crippen LogP contribution in [0, 0.1) is 22.2 Å². The molecule has 0 aliphatic heterocycles. The lowest BCUT2D eigenvalue weighted by molar-refractivity contribution is -0.137. The number of nitroso groups, excluding NO2 is 1. The summed E-state index contributed by atoms with van der Waals surface area (Å²) in [5.74, 6) is 0.939. The number of fused-ring (bicyclic) bond motifs is 5. The molecule has 3 aliphatic rings. The van der Waals surface area contributed by atoms with E-state index in [2.05, 4.69) is 23.7 Å². The van der Waals surface area contributed by atoms with Crippen molar-refractivity contribution in [2.45, 2.75) is 57.3 Å². The summed E-state index contributed by atoms with van der Waals surface area (Å²) in [6.45, 7) is 2.08. The van der Waals surface area contributed by atoms with Crippen molar-refractivity contribution in [1.82, 2.24) is 5.48 Å². The zero-order chi connectivity index (χ0) is 25.7. The standard InChI is InChI=1S/C27H29F3N2O4/c1-26-9-8-17-18-13-24(35-2)23(33)12-20(18)22(11-19(17)21(26)6-7-25(26)31-34)32-36-14-15-4-3-5-16(10-15)27(28,29)30/h3-5,10-13,17,19,21,25,32-33H,6-9,14H2,1-2H3/t17-,19-,21+,25?,26+/m1/s1. The molecule has 0 bridgehead atoms. The molecule has 0 radical (unpaired) electrons. The Morgan fingerprint density at radius 3 is 2.72 bits per heavy atom. The molecule has 5 atom stereocenters. The van der Waals surface area contributed by atoms with Gasteiger partial charge in [0, 0.05) is 5.56 Å². The smallest absolute Gasteiger partial charge is 0.416 e. The van der Waals surface area contributed by atoms with E-state index in [1.165, 1.54) is 13.2 Å². The molecule has 6 nitrogen and oxygen atoms in total. The average Bonchev–Trinajstić information content (AvgIpc) is 3.20. The van der Waals surface area contributed by atoms with Gasteiger partial charge >= 0.3 is 6.18 Å². The van der Waals surface area contributed by atoms with Gasteiger partial charge < -0.3 is 9.84 Å². The van der Waals surface area contributed by atoms with E-state index in [4.69, 9.17) is 9.57 Å². The molecule has 2 aromatic rings. The van der Waals surface area contributed by atoms with Crippen molar-refractivity contribution < 1.29 is 27.9 Å². The molecule has 2 aromatic carbocycles. The van der Waals surface area contributed by atoms with Crippen LogP contribution in [-0.4, -0.2) is 18.3 Å². The molecular formula is C27H29F3N2O4. The molecule has 0 saturated heterocycles. The van der Waals surface area contributed by atoms with Crippen molar-refractivity contribution in [3.05, 3.63) is 69.6 Å². The molecule has 9 heteroatoms. The van der Waals surface area contributed by atoms with Crippen molar-refractivity contribution >= 4 is 5.70 Å². The van der Waals surface area contributed by atoms with Crippen molar-refractivity contribution in [2.24, 2.45) is 22.4 Å². The first-order valence-corrected chi connectivity index (χ1v) is 12.1. The Labute approximate surface area is 207 Å². The van der Waals surface area contributed by atoms with Gasteiger partial charge in [-0.1, -0.05) is 30.3 Å². The highest BCUT2D eigenvalue weighted by Gasteiger charge is 2.55. The zero-order valence-electron chi connectivity index (χ0n) is 20.1. The highest BCUT2D eigenvalue weighted by Crippen LogP contribution is 2.61. The first-order valence-electron chi connectivity index (χ1n) is 12.1. The second-order valence-corrected chi connectivity index (χ2v) is 10.3. The Balaban J connectivity index is 1.44. The minimum Gasteiger partial charge on any atom is -0.504 e. The summed E-state index contributed by atoms with van der Waals surface area (Å²) >= 11 is 0. The summed E-state index contributed by atoms with van der Waals surface area (Å²) < 4.78 is 44.6. The summed E-state index contributed by atoms with van der Waals surface area (Å²) in [4.78, 5) is 17.2. The maximum atomic E-state index is 13.1. The number of rotatable bonds is 6. The van der Waals surface area contributed by atoms with Gasteiger partial charge in [0.15, 0.2) is 11.5 Å². The molecule has 5 rings (SSSR count). The number of phenols is 1. The molecule has 2 fully saturated rings. The van der Waals surface area contributed by atoms with E-state index in [0.717, 1.165) is 48.9 Å². The highest BCUT2D eigenvalue weighted by molar-refractivity contribution is 5.72. The van der Waals surface area contributed by atoms with Gasteiger partial charge in [-0.15, -0.1) is 0 Å².